The van der Waals surface area contributed by atoms with E-state index in [0.29, 0.717) is 26.2 Å². The van der Waals surface area contributed by atoms with Gasteiger partial charge in [0.2, 0.25) is 10.0 Å². The third kappa shape index (κ3) is 4.41. The van der Waals surface area contributed by atoms with Crippen molar-refractivity contribution in [3.8, 4) is 0 Å². The lowest BCUT2D eigenvalue weighted by Gasteiger charge is -2.07. The molecule has 0 fully saturated rings. The summed E-state index contributed by atoms with van der Waals surface area (Å²) in [6.45, 7) is 3.31. The zero-order chi connectivity index (χ0) is 13.6. The van der Waals surface area contributed by atoms with Crippen LogP contribution in [-0.4, -0.2) is 33.2 Å². The van der Waals surface area contributed by atoms with Gasteiger partial charge in [-0.1, -0.05) is 11.6 Å². The number of anilines is 1. The number of rotatable bonds is 7. The highest BCUT2D eigenvalue weighted by Gasteiger charge is 2.15. The summed E-state index contributed by atoms with van der Waals surface area (Å²) < 4.78 is 31.2. The third-order valence-electron chi connectivity index (χ3n) is 2.12. The fraction of sp³-hybridized carbons (Fsp3) is 0.500. The first kappa shape index (κ1) is 15.2. The molecule has 0 saturated heterocycles. The van der Waals surface area contributed by atoms with Gasteiger partial charge in [-0.2, -0.15) is 0 Å². The number of nitrogen functional groups attached to an aromatic ring is 1. The number of hydrogen-bond acceptors (Lipinski definition) is 5. The highest BCUT2D eigenvalue weighted by atomic mass is 35.5. The van der Waals surface area contributed by atoms with Crippen LogP contribution in [0.5, 0.6) is 0 Å². The summed E-state index contributed by atoms with van der Waals surface area (Å²) >= 11 is 5.72. The standard InChI is InChI=1S/C10H16ClN3O3S/c1-2-17-5-3-4-14-18(15,16)8-6-9(11)10(12)13-7-8/h6-7,14H,2-5H2,1H3,(H2,12,13). The fourth-order valence-electron chi connectivity index (χ4n) is 1.19. The molecule has 1 aromatic heterocycles. The van der Waals surface area contributed by atoms with E-state index >= 15 is 0 Å². The van der Waals surface area contributed by atoms with Crippen molar-refractivity contribution in [3.63, 3.8) is 0 Å². The Balaban J connectivity index is 2.60. The summed E-state index contributed by atoms with van der Waals surface area (Å²) in [7, 11) is -3.59. The predicted molar refractivity (Wildman–Crippen MR) is 70.0 cm³/mol. The number of nitrogens with zero attached hydrogens (tertiary/aromatic N) is 1. The van der Waals surface area contributed by atoms with Gasteiger partial charge < -0.3 is 10.5 Å². The van der Waals surface area contributed by atoms with Crippen LogP contribution >= 0.6 is 11.6 Å². The molecule has 0 amide bonds. The second-order valence-electron chi connectivity index (χ2n) is 3.49. The van der Waals surface area contributed by atoms with Gasteiger partial charge in [0.1, 0.15) is 10.7 Å². The van der Waals surface area contributed by atoms with Crippen LogP contribution in [0.4, 0.5) is 5.82 Å². The molecule has 0 spiro atoms. The zero-order valence-corrected chi connectivity index (χ0v) is 11.6. The molecule has 0 atom stereocenters. The largest absolute Gasteiger partial charge is 0.382 e. The lowest BCUT2D eigenvalue weighted by molar-refractivity contribution is 0.146. The first-order valence-corrected chi connectivity index (χ1v) is 7.32. The number of hydrogen-bond donors (Lipinski definition) is 2. The van der Waals surface area contributed by atoms with E-state index in [2.05, 4.69) is 9.71 Å². The normalized spacial score (nSPS) is 11.7. The van der Waals surface area contributed by atoms with Crippen molar-refractivity contribution < 1.29 is 13.2 Å². The van der Waals surface area contributed by atoms with Gasteiger partial charge in [0.25, 0.3) is 0 Å². The minimum atomic E-state index is -3.59. The summed E-state index contributed by atoms with van der Waals surface area (Å²) in [5, 5.41) is 0.118. The van der Waals surface area contributed by atoms with E-state index < -0.39 is 10.0 Å². The molecular formula is C10H16ClN3O3S. The fourth-order valence-corrected chi connectivity index (χ4v) is 2.46. The minimum absolute atomic E-state index is 0.00175. The summed E-state index contributed by atoms with van der Waals surface area (Å²) in [6, 6.07) is 1.27. The molecule has 102 valence electrons. The number of nitrogens with one attached hydrogen (secondary N) is 1. The van der Waals surface area contributed by atoms with E-state index in [1.54, 1.807) is 0 Å². The van der Waals surface area contributed by atoms with Crippen LogP contribution in [0.15, 0.2) is 17.2 Å². The second-order valence-corrected chi connectivity index (χ2v) is 5.66. The maximum Gasteiger partial charge on any atom is 0.242 e. The van der Waals surface area contributed by atoms with Gasteiger partial charge in [-0.15, -0.1) is 0 Å². The van der Waals surface area contributed by atoms with Crippen molar-refractivity contribution >= 4 is 27.4 Å². The van der Waals surface area contributed by atoms with Crippen molar-refractivity contribution in [2.75, 3.05) is 25.5 Å². The van der Waals surface area contributed by atoms with Crippen LogP contribution < -0.4 is 10.5 Å². The van der Waals surface area contributed by atoms with E-state index in [1.165, 1.54) is 12.3 Å². The molecule has 0 radical (unpaired) electrons. The monoisotopic (exact) mass is 293 g/mol. The van der Waals surface area contributed by atoms with E-state index in [9.17, 15) is 8.42 Å². The van der Waals surface area contributed by atoms with Crippen LogP contribution in [0.1, 0.15) is 13.3 Å². The number of ether oxygens (including phenoxy) is 1. The number of pyridine rings is 1. The average molecular weight is 294 g/mol. The smallest absolute Gasteiger partial charge is 0.242 e. The number of nitrogens with two attached hydrogens (primary N) is 1. The quantitative estimate of drug-likeness (QED) is 0.732. The van der Waals surface area contributed by atoms with Crippen LogP contribution in [0.3, 0.4) is 0 Å². The Morgan fingerprint density at radius 3 is 2.89 bits per heavy atom. The Morgan fingerprint density at radius 1 is 1.56 bits per heavy atom. The molecule has 0 aliphatic rings. The predicted octanol–water partition coefficient (Wildman–Crippen LogP) is 1.02. The Bertz CT molecular complexity index is 493. The third-order valence-corrected chi connectivity index (χ3v) is 3.85. The molecule has 1 rings (SSSR count). The maximum atomic E-state index is 11.8. The van der Waals surface area contributed by atoms with Gasteiger partial charge in [0.05, 0.1) is 5.02 Å². The molecule has 6 nitrogen and oxygen atoms in total. The Hall–Kier alpha value is -0.890. The van der Waals surface area contributed by atoms with Crippen LogP contribution in [-0.2, 0) is 14.8 Å². The molecule has 1 aromatic rings. The number of halogens is 1. The Labute approximate surface area is 112 Å². The SMILES string of the molecule is CCOCCCNS(=O)(=O)c1cnc(N)c(Cl)c1. The number of aromatic nitrogens is 1. The van der Waals surface area contributed by atoms with Crippen molar-refractivity contribution in [1.29, 1.82) is 0 Å². The van der Waals surface area contributed by atoms with E-state index in [0.717, 1.165) is 0 Å². The summed E-state index contributed by atoms with van der Waals surface area (Å²) in [5.41, 5.74) is 5.41. The highest BCUT2D eigenvalue weighted by molar-refractivity contribution is 7.89. The minimum Gasteiger partial charge on any atom is -0.382 e. The summed E-state index contributed by atoms with van der Waals surface area (Å²) in [6.07, 6.45) is 1.77. The van der Waals surface area contributed by atoms with Crippen molar-refractivity contribution in [1.82, 2.24) is 9.71 Å². The molecule has 1 heterocycles. The molecule has 0 unspecified atom stereocenters. The van der Waals surface area contributed by atoms with Crippen LogP contribution in [0.2, 0.25) is 5.02 Å². The highest BCUT2D eigenvalue weighted by Crippen LogP contribution is 2.19. The van der Waals surface area contributed by atoms with Gasteiger partial charge in [-0.05, 0) is 19.4 Å². The van der Waals surface area contributed by atoms with E-state index in [-0.39, 0.29) is 15.7 Å². The topological polar surface area (TPSA) is 94.3 Å². The van der Waals surface area contributed by atoms with E-state index in [1.807, 2.05) is 6.92 Å². The lowest BCUT2D eigenvalue weighted by Crippen LogP contribution is -2.25. The van der Waals surface area contributed by atoms with Crippen LogP contribution in [0, 0.1) is 0 Å². The van der Waals surface area contributed by atoms with Crippen molar-refractivity contribution in [2.24, 2.45) is 0 Å². The van der Waals surface area contributed by atoms with Crippen molar-refractivity contribution in [2.45, 2.75) is 18.2 Å². The van der Waals surface area contributed by atoms with Gasteiger partial charge >= 0.3 is 0 Å². The van der Waals surface area contributed by atoms with Gasteiger partial charge in [0, 0.05) is 26.0 Å². The first-order chi connectivity index (χ1) is 8.47. The summed E-state index contributed by atoms with van der Waals surface area (Å²) in [4.78, 5) is 3.70. The van der Waals surface area contributed by atoms with Crippen molar-refractivity contribution in [3.05, 3.63) is 17.3 Å². The molecule has 0 aliphatic carbocycles. The number of sulfonamides is 1. The average Bonchev–Trinajstić information content (AvgIpc) is 2.32. The molecule has 8 heteroatoms. The molecule has 0 aliphatic heterocycles. The van der Waals surface area contributed by atoms with Gasteiger partial charge in [0.15, 0.2) is 0 Å². The summed E-state index contributed by atoms with van der Waals surface area (Å²) in [5.74, 6) is 0.104. The Morgan fingerprint density at radius 2 is 2.28 bits per heavy atom. The molecule has 18 heavy (non-hydrogen) atoms. The maximum absolute atomic E-state index is 11.8. The second kappa shape index (κ2) is 6.89. The molecule has 3 N–H and O–H groups in total. The molecular weight excluding hydrogens is 278 g/mol. The van der Waals surface area contributed by atoms with Crippen LogP contribution in [0.25, 0.3) is 0 Å². The first-order valence-electron chi connectivity index (χ1n) is 5.46. The Kier molecular flexibility index (Phi) is 5.80. The van der Waals surface area contributed by atoms with Gasteiger partial charge in [-0.3, -0.25) is 0 Å². The molecule has 0 bridgehead atoms. The van der Waals surface area contributed by atoms with Gasteiger partial charge in [-0.25, -0.2) is 18.1 Å². The zero-order valence-electron chi connectivity index (χ0n) is 10.0. The lowest BCUT2D eigenvalue weighted by atomic mass is 10.5. The molecule has 0 aromatic carbocycles. The molecule has 0 saturated carbocycles. The van der Waals surface area contributed by atoms with E-state index in [4.69, 9.17) is 22.1 Å².